The van der Waals surface area contributed by atoms with Crippen molar-refractivity contribution in [3.05, 3.63) is 0 Å². The summed E-state index contributed by atoms with van der Waals surface area (Å²) in [6, 6.07) is 0. The smallest absolute Gasteiger partial charge is 0.184 e. The third-order valence-electron chi connectivity index (χ3n) is 2.48. The minimum absolute atomic E-state index is 0.363. The lowest BCUT2D eigenvalue weighted by Gasteiger charge is -2.40. The molecule has 0 spiro atoms. The van der Waals surface area contributed by atoms with Gasteiger partial charge in [0.15, 0.2) is 12.1 Å². The summed E-state index contributed by atoms with van der Waals surface area (Å²) in [7, 11) is 2.74. The zero-order chi connectivity index (χ0) is 11.6. The van der Waals surface area contributed by atoms with Crippen LogP contribution in [0.2, 0.25) is 0 Å². The lowest BCUT2D eigenvalue weighted by atomic mass is 9.96. The van der Waals surface area contributed by atoms with Crippen LogP contribution in [0.15, 0.2) is 0 Å². The van der Waals surface area contributed by atoms with E-state index in [4.69, 9.17) is 14.2 Å². The summed E-state index contributed by atoms with van der Waals surface area (Å²) in [6.07, 6.45) is -5.08. The summed E-state index contributed by atoms with van der Waals surface area (Å²) in [6.45, 7) is 1.28. The molecule has 0 bridgehead atoms. The van der Waals surface area contributed by atoms with Crippen molar-refractivity contribution >= 4 is 5.78 Å². The molecule has 0 aliphatic carbocycles. The van der Waals surface area contributed by atoms with Crippen molar-refractivity contribution in [1.82, 2.24) is 0 Å². The average Bonchev–Trinajstić information content (AvgIpc) is 2.19. The van der Waals surface area contributed by atoms with Gasteiger partial charge in [-0.25, -0.2) is 0 Å². The zero-order valence-corrected chi connectivity index (χ0v) is 8.91. The molecule has 5 atom stereocenters. The Hall–Kier alpha value is -0.530. The second-order valence-electron chi connectivity index (χ2n) is 3.45. The van der Waals surface area contributed by atoms with Crippen molar-refractivity contribution in [2.75, 3.05) is 14.2 Å². The van der Waals surface area contributed by atoms with Gasteiger partial charge in [0.25, 0.3) is 0 Å². The quantitative estimate of drug-likeness (QED) is 0.614. The van der Waals surface area contributed by atoms with Gasteiger partial charge < -0.3 is 24.4 Å². The number of ketones is 1. The number of ether oxygens (including phenoxy) is 3. The molecule has 88 valence electrons. The molecule has 0 radical (unpaired) electrons. The van der Waals surface area contributed by atoms with Gasteiger partial charge in [-0.15, -0.1) is 0 Å². The van der Waals surface area contributed by atoms with Gasteiger partial charge in [-0.1, -0.05) is 0 Å². The van der Waals surface area contributed by atoms with Crippen LogP contribution >= 0.6 is 0 Å². The Morgan fingerprint density at radius 3 is 2.13 bits per heavy atom. The van der Waals surface area contributed by atoms with Gasteiger partial charge in [-0.05, 0) is 6.92 Å². The Bertz CT molecular complexity index is 231. The predicted molar refractivity (Wildman–Crippen MR) is 49.2 cm³/mol. The number of carbonyl (C=O) groups is 1. The highest BCUT2D eigenvalue weighted by Crippen LogP contribution is 2.24. The third kappa shape index (κ3) is 2.35. The van der Waals surface area contributed by atoms with Crippen LogP contribution in [0.1, 0.15) is 6.92 Å². The fourth-order valence-electron chi connectivity index (χ4n) is 1.70. The minimum atomic E-state index is -1.28. The Labute approximate surface area is 87.7 Å². The molecule has 2 N–H and O–H groups in total. The standard InChI is InChI=1S/C9H16O6/c1-4(10)6-5(11)7(13-2)8(14-3)9(12)15-6/h5-9,11-12H,1-3H3/t5-,6-,7-,8+,9+/m1/s1. The van der Waals surface area contributed by atoms with Crippen LogP contribution in [0, 0.1) is 0 Å². The Morgan fingerprint density at radius 1 is 1.20 bits per heavy atom. The first-order chi connectivity index (χ1) is 7.02. The molecule has 0 aromatic heterocycles. The van der Waals surface area contributed by atoms with Gasteiger partial charge in [0.2, 0.25) is 0 Å². The van der Waals surface area contributed by atoms with Gasteiger partial charge in [0, 0.05) is 14.2 Å². The number of hydrogen-bond donors (Lipinski definition) is 2. The highest BCUT2D eigenvalue weighted by molar-refractivity contribution is 5.81. The molecule has 1 rings (SSSR count). The highest BCUT2D eigenvalue weighted by atomic mass is 16.7. The SMILES string of the molecule is CO[C@@H]1[C@H](O)[C@@H](C(C)=O)O[C@H](O)[C@H]1OC. The molecular formula is C9H16O6. The molecule has 6 nitrogen and oxygen atoms in total. The summed E-state index contributed by atoms with van der Waals surface area (Å²) >= 11 is 0. The molecule has 0 aromatic carbocycles. The van der Waals surface area contributed by atoms with Crippen LogP contribution < -0.4 is 0 Å². The van der Waals surface area contributed by atoms with Gasteiger partial charge >= 0.3 is 0 Å². The highest BCUT2D eigenvalue weighted by Gasteiger charge is 2.46. The van der Waals surface area contributed by atoms with Crippen LogP contribution in [-0.2, 0) is 19.0 Å². The monoisotopic (exact) mass is 220 g/mol. The molecule has 1 heterocycles. The van der Waals surface area contributed by atoms with E-state index in [1.165, 1.54) is 21.1 Å². The molecule has 0 amide bonds. The lowest BCUT2D eigenvalue weighted by molar-refractivity contribution is -0.284. The summed E-state index contributed by atoms with van der Waals surface area (Å²) in [5.74, 6) is -0.363. The lowest BCUT2D eigenvalue weighted by Crippen LogP contribution is -2.60. The van der Waals surface area contributed by atoms with Crippen molar-refractivity contribution < 1.29 is 29.2 Å². The average molecular weight is 220 g/mol. The van der Waals surface area contributed by atoms with Gasteiger partial charge in [0.05, 0.1) is 0 Å². The molecule has 1 aliphatic rings. The third-order valence-corrected chi connectivity index (χ3v) is 2.48. The van der Waals surface area contributed by atoms with E-state index in [0.29, 0.717) is 0 Å². The molecule has 0 unspecified atom stereocenters. The normalized spacial score (nSPS) is 41.5. The maximum atomic E-state index is 11.1. The number of rotatable bonds is 3. The maximum Gasteiger partial charge on any atom is 0.184 e. The van der Waals surface area contributed by atoms with Crippen molar-refractivity contribution in [2.24, 2.45) is 0 Å². The first kappa shape index (κ1) is 12.5. The fourth-order valence-corrected chi connectivity index (χ4v) is 1.70. The van der Waals surface area contributed by atoms with Gasteiger partial charge in [-0.2, -0.15) is 0 Å². The van der Waals surface area contributed by atoms with Crippen molar-refractivity contribution in [3.8, 4) is 0 Å². The van der Waals surface area contributed by atoms with E-state index in [0.717, 1.165) is 0 Å². The predicted octanol–water partition coefficient (Wildman–Crippen LogP) is -1.32. The van der Waals surface area contributed by atoms with Gasteiger partial charge in [-0.3, -0.25) is 4.79 Å². The van der Waals surface area contributed by atoms with Crippen molar-refractivity contribution in [2.45, 2.75) is 37.6 Å². The summed E-state index contributed by atoms with van der Waals surface area (Å²) in [4.78, 5) is 11.1. The van der Waals surface area contributed by atoms with E-state index < -0.39 is 30.7 Å². The molecule has 6 heteroatoms. The summed E-state index contributed by atoms with van der Waals surface area (Å²) in [5, 5.41) is 19.3. The van der Waals surface area contributed by atoms with Crippen molar-refractivity contribution in [1.29, 1.82) is 0 Å². The maximum absolute atomic E-state index is 11.1. The van der Waals surface area contributed by atoms with Crippen LogP contribution in [0.5, 0.6) is 0 Å². The first-order valence-electron chi connectivity index (χ1n) is 4.60. The molecule has 15 heavy (non-hydrogen) atoms. The van der Waals surface area contributed by atoms with E-state index in [9.17, 15) is 15.0 Å². The number of aliphatic hydroxyl groups excluding tert-OH is 2. The van der Waals surface area contributed by atoms with E-state index in [1.54, 1.807) is 0 Å². The largest absolute Gasteiger partial charge is 0.387 e. The second kappa shape index (κ2) is 5.00. The van der Waals surface area contributed by atoms with Gasteiger partial charge in [0.1, 0.15) is 24.4 Å². The number of methoxy groups -OCH3 is 2. The summed E-state index contributed by atoms with van der Waals surface area (Å²) in [5.41, 5.74) is 0. The van der Waals surface area contributed by atoms with Crippen LogP contribution in [-0.4, -0.2) is 60.9 Å². The molecular weight excluding hydrogens is 204 g/mol. The number of Topliss-reactive ketones (excluding diaryl/α,β-unsaturated/α-hetero) is 1. The zero-order valence-electron chi connectivity index (χ0n) is 8.91. The topological polar surface area (TPSA) is 85.2 Å². The molecule has 1 aliphatic heterocycles. The number of carbonyl (C=O) groups excluding carboxylic acids is 1. The molecule has 0 aromatic rings. The van der Waals surface area contributed by atoms with E-state index in [1.807, 2.05) is 0 Å². The second-order valence-corrected chi connectivity index (χ2v) is 3.45. The Morgan fingerprint density at radius 2 is 1.73 bits per heavy atom. The number of aliphatic hydroxyl groups is 2. The molecule has 0 saturated carbocycles. The molecule has 1 fully saturated rings. The number of hydrogen-bond acceptors (Lipinski definition) is 6. The minimum Gasteiger partial charge on any atom is -0.387 e. The van der Waals surface area contributed by atoms with E-state index in [-0.39, 0.29) is 5.78 Å². The first-order valence-corrected chi connectivity index (χ1v) is 4.60. The van der Waals surface area contributed by atoms with Crippen LogP contribution in [0.3, 0.4) is 0 Å². The fraction of sp³-hybridized carbons (Fsp3) is 0.889. The van der Waals surface area contributed by atoms with E-state index in [2.05, 4.69) is 0 Å². The summed E-state index contributed by atoms with van der Waals surface area (Å²) < 4.78 is 14.9. The Balaban J connectivity index is 2.84. The molecule has 1 saturated heterocycles. The van der Waals surface area contributed by atoms with E-state index >= 15 is 0 Å². The Kier molecular flexibility index (Phi) is 4.18. The van der Waals surface area contributed by atoms with Crippen LogP contribution in [0.25, 0.3) is 0 Å². The van der Waals surface area contributed by atoms with Crippen LogP contribution in [0.4, 0.5) is 0 Å². The van der Waals surface area contributed by atoms with Crippen molar-refractivity contribution in [3.63, 3.8) is 0 Å².